The molecule has 2 nitrogen and oxygen atoms in total. The molecular formula is C7H9NO. The molecular weight excluding hydrogens is 114 g/mol. The van der Waals surface area contributed by atoms with E-state index in [-0.39, 0.29) is 0 Å². The van der Waals surface area contributed by atoms with Crippen LogP contribution in [0.5, 0.6) is 0 Å². The van der Waals surface area contributed by atoms with Crippen LogP contribution in [-0.4, -0.2) is 11.3 Å². The Morgan fingerprint density at radius 1 is 1.67 bits per heavy atom. The summed E-state index contributed by atoms with van der Waals surface area (Å²) in [5, 5.41) is 0. The zero-order chi connectivity index (χ0) is 6.69. The summed E-state index contributed by atoms with van der Waals surface area (Å²) in [4.78, 5) is 13.0. The van der Waals surface area contributed by atoms with Gasteiger partial charge in [0.2, 0.25) is 0 Å². The molecule has 1 heterocycles. The fourth-order valence-electron chi connectivity index (χ4n) is 0.734. The van der Waals surface area contributed by atoms with Crippen molar-refractivity contribution in [3.8, 4) is 0 Å². The van der Waals surface area contributed by atoms with Crippen LogP contribution < -0.4 is 0 Å². The third-order valence-electron chi connectivity index (χ3n) is 1.28. The molecule has 0 fully saturated rings. The number of aromatic nitrogens is 1. The van der Waals surface area contributed by atoms with Crippen molar-refractivity contribution in [2.45, 2.75) is 13.3 Å². The van der Waals surface area contributed by atoms with E-state index in [1.807, 2.05) is 13.0 Å². The predicted octanol–water partition coefficient (Wildman–Crippen LogP) is 1.39. The summed E-state index contributed by atoms with van der Waals surface area (Å²) in [6.07, 6.45) is 1.77. The Morgan fingerprint density at radius 3 is 2.78 bits per heavy atom. The molecule has 0 aliphatic heterocycles. The second-order valence-electron chi connectivity index (χ2n) is 1.91. The summed E-state index contributed by atoms with van der Waals surface area (Å²) in [5.74, 6) is 0. The lowest BCUT2D eigenvalue weighted by Crippen LogP contribution is -1.80. The average Bonchev–Trinajstić information content (AvgIpc) is 2.34. The van der Waals surface area contributed by atoms with Gasteiger partial charge in [-0.1, -0.05) is 6.92 Å². The molecule has 0 amide bonds. The lowest BCUT2D eigenvalue weighted by atomic mass is 10.3. The van der Waals surface area contributed by atoms with Crippen molar-refractivity contribution in [2.24, 2.45) is 0 Å². The summed E-state index contributed by atoms with van der Waals surface area (Å²) in [6, 6.07) is 3.70. The lowest BCUT2D eigenvalue weighted by molar-refractivity contribution is 0.111. The van der Waals surface area contributed by atoms with Gasteiger partial charge < -0.3 is 4.98 Å². The van der Waals surface area contributed by atoms with Gasteiger partial charge in [0.25, 0.3) is 0 Å². The van der Waals surface area contributed by atoms with Crippen LogP contribution in [0.2, 0.25) is 0 Å². The quantitative estimate of drug-likeness (QED) is 0.592. The van der Waals surface area contributed by atoms with Crippen LogP contribution in [0.3, 0.4) is 0 Å². The Balaban J connectivity index is 2.86. The van der Waals surface area contributed by atoms with Gasteiger partial charge in [0, 0.05) is 5.69 Å². The van der Waals surface area contributed by atoms with Crippen molar-refractivity contribution in [2.75, 3.05) is 0 Å². The van der Waals surface area contributed by atoms with Crippen molar-refractivity contribution in [1.29, 1.82) is 0 Å². The summed E-state index contributed by atoms with van der Waals surface area (Å²) >= 11 is 0. The number of carbonyl (C=O) groups excluding carboxylic acids is 1. The fraction of sp³-hybridized carbons (Fsp3) is 0.286. The highest BCUT2D eigenvalue weighted by molar-refractivity contribution is 5.71. The monoisotopic (exact) mass is 123 g/mol. The maximum absolute atomic E-state index is 10.1. The number of hydrogen-bond acceptors (Lipinski definition) is 1. The van der Waals surface area contributed by atoms with Crippen molar-refractivity contribution in [3.63, 3.8) is 0 Å². The van der Waals surface area contributed by atoms with Gasteiger partial charge in [0.1, 0.15) is 0 Å². The highest BCUT2D eigenvalue weighted by Gasteiger charge is 1.91. The first-order valence-electron chi connectivity index (χ1n) is 3.00. The average molecular weight is 123 g/mol. The second kappa shape index (κ2) is 2.49. The van der Waals surface area contributed by atoms with Crippen LogP contribution in [0.4, 0.5) is 0 Å². The van der Waals surface area contributed by atoms with Gasteiger partial charge >= 0.3 is 0 Å². The summed E-state index contributed by atoms with van der Waals surface area (Å²) in [5.41, 5.74) is 1.77. The van der Waals surface area contributed by atoms with Crippen LogP contribution in [0.25, 0.3) is 0 Å². The van der Waals surface area contributed by atoms with Crippen molar-refractivity contribution in [1.82, 2.24) is 4.98 Å². The van der Waals surface area contributed by atoms with E-state index in [0.717, 1.165) is 18.4 Å². The molecule has 48 valence electrons. The number of aromatic amines is 1. The van der Waals surface area contributed by atoms with Crippen LogP contribution in [-0.2, 0) is 6.42 Å². The summed E-state index contributed by atoms with van der Waals surface area (Å²) < 4.78 is 0. The first-order chi connectivity index (χ1) is 4.36. The van der Waals surface area contributed by atoms with Crippen molar-refractivity contribution < 1.29 is 4.79 Å². The topological polar surface area (TPSA) is 32.9 Å². The Morgan fingerprint density at radius 2 is 2.44 bits per heavy atom. The molecule has 0 aliphatic rings. The SMILES string of the molecule is CCc1ccc(C=O)[nH]1. The molecule has 0 unspecified atom stereocenters. The summed E-state index contributed by atoms with van der Waals surface area (Å²) in [6.45, 7) is 2.04. The Hall–Kier alpha value is -1.05. The number of aryl methyl sites for hydroxylation is 1. The van der Waals surface area contributed by atoms with E-state index in [4.69, 9.17) is 0 Å². The highest BCUT2D eigenvalue weighted by atomic mass is 16.1. The minimum Gasteiger partial charge on any atom is -0.356 e. The molecule has 1 aromatic heterocycles. The van der Waals surface area contributed by atoms with E-state index in [2.05, 4.69) is 4.98 Å². The molecule has 1 aromatic rings. The van der Waals surface area contributed by atoms with Crippen LogP contribution >= 0.6 is 0 Å². The molecule has 0 spiro atoms. The van der Waals surface area contributed by atoms with Gasteiger partial charge in [0.05, 0.1) is 5.69 Å². The standard InChI is InChI=1S/C7H9NO/c1-2-6-3-4-7(5-9)8-6/h3-5,8H,2H2,1H3. The Bertz CT molecular complexity index is 202. The first kappa shape index (κ1) is 6.08. The molecule has 9 heavy (non-hydrogen) atoms. The third-order valence-corrected chi connectivity index (χ3v) is 1.28. The van der Waals surface area contributed by atoms with E-state index >= 15 is 0 Å². The minimum absolute atomic E-state index is 0.659. The van der Waals surface area contributed by atoms with Gasteiger partial charge in [-0.2, -0.15) is 0 Å². The number of nitrogens with one attached hydrogen (secondary N) is 1. The molecule has 0 radical (unpaired) electrons. The number of hydrogen-bond donors (Lipinski definition) is 1. The smallest absolute Gasteiger partial charge is 0.166 e. The van der Waals surface area contributed by atoms with Gasteiger partial charge in [0.15, 0.2) is 6.29 Å². The Labute approximate surface area is 53.9 Å². The van der Waals surface area contributed by atoms with Crippen molar-refractivity contribution >= 4 is 6.29 Å². The van der Waals surface area contributed by atoms with Gasteiger partial charge in [-0.05, 0) is 18.6 Å². The summed E-state index contributed by atoms with van der Waals surface area (Å²) in [7, 11) is 0. The molecule has 0 atom stereocenters. The van der Waals surface area contributed by atoms with Gasteiger partial charge in [-0.25, -0.2) is 0 Å². The molecule has 0 aromatic carbocycles. The fourth-order valence-corrected chi connectivity index (χ4v) is 0.734. The molecule has 0 saturated carbocycles. The van der Waals surface area contributed by atoms with Crippen LogP contribution in [0, 0.1) is 0 Å². The van der Waals surface area contributed by atoms with Gasteiger partial charge in [-0.15, -0.1) is 0 Å². The normalized spacial score (nSPS) is 9.44. The van der Waals surface area contributed by atoms with E-state index in [9.17, 15) is 4.79 Å². The number of carbonyl (C=O) groups is 1. The largest absolute Gasteiger partial charge is 0.356 e. The highest BCUT2D eigenvalue weighted by Crippen LogP contribution is 1.98. The zero-order valence-electron chi connectivity index (χ0n) is 5.35. The van der Waals surface area contributed by atoms with E-state index in [1.165, 1.54) is 0 Å². The maximum atomic E-state index is 10.1. The van der Waals surface area contributed by atoms with E-state index in [1.54, 1.807) is 6.07 Å². The number of H-pyrrole nitrogens is 1. The molecule has 1 rings (SSSR count). The number of rotatable bonds is 2. The molecule has 0 saturated heterocycles. The Kier molecular flexibility index (Phi) is 1.68. The van der Waals surface area contributed by atoms with Gasteiger partial charge in [-0.3, -0.25) is 4.79 Å². The molecule has 0 aliphatic carbocycles. The van der Waals surface area contributed by atoms with E-state index < -0.39 is 0 Å². The van der Waals surface area contributed by atoms with Crippen LogP contribution in [0.1, 0.15) is 23.1 Å². The molecule has 1 N–H and O–H groups in total. The maximum Gasteiger partial charge on any atom is 0.166 e. The number of aldehydes is 1. The zero-order valence-corrected chi connectivity index (χ0v) is 5.35. The van der Waals surface area contributed by atoms with Crippen LogP contribution in [0.15, 0.2) is 12.1 Å². The predicted molar refractivity (Wildman–Crippen MR) is 35.6 cm³/mol. The van der Waals surface area contributed by atoms with E-state index in [0.29, 0.717) is 5.69 Å². The molecule has 2 heteroatoms. The van der Waals surface area contributed by atoms with Crippen molar-refractivity contribution in [3.05, 3.63) is 23.5 Å². The lowest BCUT2D eigenvalue weighted by Gasteiger charge is -1.84. The second-order valence-corrected chi connectivity index (χ2v) is 1.91. The molecule has 0 bridgehead atoms. The first-order valence-corrected chi connectivity index (χ1v) is 3.00. The minimum atomic E-state index is 0.659. The third kappa shape index (κ3) is 1.19.